The first-order chi connectivity index (χ1) is 15.0. The Labute approximate surface area is 181 Å². The summed E-state index contributed by atoms with van der Waals surface area (Å²) in [5, 5.41) is 2.88. The third-order valence-electron chi connectivity index (χ3n) is 5.43. The molecule has 1 aliphatic heterocycles. The van der Waals surface area contributed by atoms with Crippen molar-refractivity contribution in [2.45, 2.75) is 19.8 Å². The van der Waals surface area contributed by atoms with Crippen LogP contribution in [0.2, 0.25) is 0 Å². The summed E-state index contributed by atoms with van der Waals surface area (Å²) in [5.74, 6) is -0.0842. The third kappa shape index (κ3) is 4.63. The lowest BCUT2D eigenvalue weighted by Gasteiger charge is -2.37. The molecule has 0 saturated carbocycles. The molecule has 1 aromatic carbocycles. The van der Waals surface area contributed by atoms with Gasteiger partial charge in [0, 0.05) is 44.8 Å². The van der Waals surface area contributed by atoms with Crippen molar-refractivity contribution in [2.24, 2.45) is 0 Å². The van der Waals surface area contributed by atoms with E-state index in [2.05, 4.69) is 50.0 Å². The predicted octanol–water partition coefficient (Wildman–Crippen LogP) is 3.71. The highest BCUT2D eigenvalue weighted by Gasteiger charge is 2.22. The Morgan fingerprint density at radius 3 is 2.48 bits per heavy atom. The molecule has 31 heavy (non-hydrogen) atoms. The van der Waals surface area contributed by atoms with Gasteiger partial charge in [-0.1, -0.05) is 19.9 Å². The average molecular weight is 420 g/mol. The van der Waals surface area contributed by atoms with Crippen LogP contribution in [0.25, 0.3) is 0 Å². The van der Waals surface area contributed by atoms with Gasteiger partial charge in [0.1, 0.15) is 5.82 Å². The molecular formula is C23H25FN6O. The van der Waals surface area contributed by atoms with Crippen LogP contribution in [-0.2, 0) is 0 Å². The minimum absolute atomic E-state index is 0.0751. The number of benzene rings is 1. The molecule has 3 heterocycles. The van der Waals surface area contributed by atoms with Crippen molar-refractivity contribution in [3.8, 4) is 0 Å². The zero-order valence-electron chi connectivity index (χ0n) is 17.6. The first-order valence-corrected chi connectivity index (χ1v) is 10.3. The smallest absolute Gasteiger partial charge is 0.260 e. The van der Waals surface area contributed by atoms with Crippen molar-refractivity contribution < 1.29 is 9.18 Å². The standard InChI is InChI=1S/C23H25FN6O/c1-16(2)17-5-6-19(28-23(31)18-4-3-7-27-22(18)24)20(14-17)29-10-12-30(13-11-29)21-15-25-8-9-26-21/h3-9,14-16H,10-13H2,1-2H3,(H,28,31). The number of carbonyl (C=O) groups excluding carboxylic acids is 1. The lowest BCUT2D eigenvalue weighted by Crippen LogP contribution is -2.47. The summed E-state index contributed by atoms with van der Waals surface area (Å²) in [6.45, 7) is 7.37. The Bertz CT molecular complexity index is 1050. The molecule has 7 nitrogen and oxygen atoms in total. The second-order valence-corrected chi connectivity index (χ2v) is 7.76. The Morgan fingerprint density at radius 2 is 1.81 bits per heavy atom. The Morgan fingerprint density at radius 1 is 1.03 bits per heavy atom. The minimum Gasteiger partial charge on any atom is -0.366 e. The van der Waals surface area contributed by atoms with Crippen LogP contribution in [0, 0.1) is 5.95 Å². The number of amides is 1. The molecule has 1 aliphatic rings. The first-order valence-electron chi connectivity index (χ1n) is 10.3. The summed E-state index contributed by atoms with van der Waals surface area (Å²) >= 11 is 0. The van der Waals surface area contributed by atoms with Crippen LogP contribution >= 0.6 is 0 Å². The molecule has 0 unspecified atom stereocenters. The van der Waals surface area contributed by atoms with Gasteiger partial charge in [0.05, 0.1) is 23.1 Å². The normalized spacial score (nSPS) is 14.1. The number of hydrogen-bond acceptors (Lipinski definition) is 6. The fourth-order valence-corrected chi connectivity index (χ4v) is 3.65. The maximum atomic E-state index is 14.0. The van der Waals surface area contributed by atoms with Crippen LogP contribution in [0.4, 0.5) is 21.6 Å². The molecule has 0 radical (unpaired) electrons. The number of piperazine rings is 1. The molecule has 4 rings (SSSR count). The molecule has 2 aromatic heterocycles. The molecule has 3 aromatic rings. The lowest BCUT2D eigenvalue weighted by molar-refractivity contribution is 0.102. The Kier molecular flexibility index (Phi) is 6.06. The van der Waals surface area contributed by atoms with Gasteiger partial charge in [-0.05, 0) is 35.7 Å². The number of aromatic nitrogens is 3. The monoisotopic (exact) mass is 420 g/mol. The van der Waals surface area contributed by atoms with E-state index in [9.17, 15) is 9.18 Å². The Hall–Kier alpha value is -3.55. The minimum atomic E-state index is -0.780. The third-order valence-corrected chi connectivity index (χ3v) is 5.43. The zero-order chi connectivity index (χ0) is 21.8. The van der Waals surface area contributed by atoms with E-state index in [-0.39, 0.29) is 5.56 Å². The van der Waals surface area contributed by atoms with Crippen molar-refractivity contribution in [3.05, 3.63) is 72.2 Å². The van der Waals surface area contributed by atoms with Gasteiger partial charge in [0.25, 0.3) is 5.91 Å². The molecular weight excluding hydrogens is 395 g/mol. The second kappa shape index (κ2) is 9.07. The van der Waals surface area contributed by atoms with Gasteiger partial charge in [-0.15, -0.1) is 0 Å². The van der Waals surface area contributed by atoms with Gasteiger partial charge in [-0.3, -0.25) is 9.78 Å². The van der Waals surface area contributed by atoms with Crippen molar-refractivity contribution in [1.82, 2.24) is 15.0 Å². The fraction of sp³-hybridized carbons (Fsp3) is 0.304. The van der Waals surface area contributed by atoms with Crippen LogP contribution in [0.3, 0.4) is 0 Å². The Balaban J connectivity index is 1.57. The number of nitrogens with zero attached hydrogens (tertiary/aromatic N) is 5. The summed E-state index contributed by atoms with van der Waals surface area (Å²) in [6, 6.07) is 8.98. The van der Waals surface area contributed by atoms with Gasteiger partial charge in [0.15, 0.2) is 0 Å². The van der Waals surface area contributed by atoms with Crippen LogP contribution < -0.4 is 15.1 Å². The van der Waals surface area contributed by atoms with Crippen LogP contribution in [-0.4, -0.2) is 47.0 Å². The van der Waals surface area contributed by atoms with Crippen LogP contribution in [0.1, 0.15) is 35.7 Å². The van der Waals surface area contributed by atoms with E-state index in [1.807, 2.05) is 12.1 Å². The molecule has 160 valence electrons. The highest BCUT2D eigenvalue weighted by Crippen LogP contribution is 2.32. The van der Waals surface area contributed by atoms with E-state index in [1.165, 1.54) is 17.8 Å². The van der Waals surface area contributed by atoms with Gasteiger partial charge >= 0.3 is 0 Å². The number of halogens is 1. The topological polar surface area (TPSA) is 74.2 Å². The number of anilines is 3. The van der Waals surface area contributed by atoms with Crippen molar-refractivity contribution in [3.63, 3.8) is 0 Å². The second-order valence-electron chi connectivity index (χ2n) is 7.76. The molecule has 1 N–H and O–H groups in total. The number of pyridine rings is 1. The van der Waals surface area contributed by atoms with Crippen molar-refractivity contribution in [2.75, 3.05) is 41.3 Å². The molecule has 8 heteroatoms. The number of nitrogens with one attached hydrogen (secondary N) is 1. The van der Waals surface area contributed by atoms with Gasteiger partial charge in [-0.25, -0.2) is 9.97 Å². The number of carbonyl (C=O) groups is 1. The predicted molar refractivity (Wildman–Crippen MR) is 119 cm³/mol. The number of rotatable bonds is 5. The first kappa shape index (κ1) is 20.7. The molecule has 0 bridgehead atoms. The lowest BCUT2D eigenvalue weighted by atomic mass is 10.0. The largest absolute Gasteiger partial charge is 0.366 e. The highest BCUT2D eigenvalue weighted by molar-refractivity contribution is 6.06. The molecule has 0 spiro atoms. The average Bonchev–Trinajstić information content (AvgIpc) is 2.80. The summed E-state index contributed by atoms with van der Waals surface area (Å²) in [5.41, 5.74) is 2.69. The van der Waals surface area contributed by atoms with E-state index in [0.29, 0.717) is 11.6 Å². The maximum absolute atomic E-state index is 14.0. The quantitative estimate of drug-likeness (QED) is 0.635. The van der Waals surface area contributed by atoms with E-state index in [0.717, 1.165) is 37.7 Å². The van der Waals surface area contributed by atoms with Gasteiger partial charge < -0.3 is 15.1 Å². The molecule has 1 saturated heterocycles. The summed E-state index contributed by atoms with van der Waals surface area (Å²) in [7, 11) is 0. The molecule has 0 atom stereocenters. The van der Waals surface area contributed by atoms with Crippen LogP contribution in [0.15, 0.2) is 55.1 Å². The summed E-state index contributed by atoms with van der Waals surface area (Å²) < 4.78 is 14.0. The molecule has 1 amide bonds. The SMILES string of the molecule is CC(C)c1ccc(NC(=O)c2cccnc2F)c(N2CCN(c3cnccn3)CC2)c1. The molecule has 0 aliphatic carbocycles. The van der Waals surface area contributed by atoms with Gasteiger partial charge in [0.2, 0.25) is 5.95 Å². The van der Waals surface area contributed by atoms with Crippen LogP contribution in [0.5, 0.6) is 0 Å². The van der Waals surface area contributed by atoms with E-state index < -0.39 is 11.9 Å². The highest BCUT2D eigenvalue weighted by atomic mass is 19.1. The summed E-state index contributed by atoms with van der Waals surface area (Å²) in [4.78, 5) is 29.2. The molecule has 1 fully saturated rings. The van der Waals surface area contributed by atoms with Crippen molar-refractivity contribution >= 4 is 23.1 Å². The van der Waals surface area contributed by atoms with E-state index in [1.54, 1.807) is 24.7 Å². The van der Waals surface area contributed by atoms with Crippen molar-refractivity contribution in [1.29, 1.82) is 0 Å². The maximum Gasteiger partial charge on any atom is 0.260 e. The number of hydrogen-bond donors (Lipinski definition) is 1. The van der Waals surface area contributed by atoms with E-state index >= 15 is 0 Å². The zero-order valence-corrected chi connectivity index (χ0v) is 17.6. The fourth-order valence-electron chi connectivity index (χ4n) is 3.65. The van der Waals surface area contributed by atoms with E-state index in [4.69, 9.17) is 0 Å². The summed E-state index contributed by atoms with van der Waals surface area (Å²) in [6.07, 6.45) is 6.45. The van der Waals surface area contributed by atoms with Gasteiger partial charge in [-0.2, -0.15) is 4.39 Å².